The van der Waals surface area contributed by atoms with E-state index >= 15 is 0 Å². The second-order valence-corrected chi connectivity index (χ2v) is 14.9. The molecule has 2 aromatic carbocycles. The number of carbonyl (C=O) groups is 2. The first-order valence-electron chi connectivity index (χ1n) is 18.1. The van der Waals surface area contributed by atoms with Gasteiger partial charge in [-0.2, -0.15) is 0 Å². The Hall–Kier alpha value is -4.58. The average Bonchev–Trinajstić information content (AvgIpc) is 3.67. The van der Waals surface area contributed by atoms with Crippen molar-refractivity contribution in [3.8, 4) is 11.5 Å². The van der Waals surface area contributed by atoms with E-state index < -0.39 is 18.0 Å². The monoisotopic (exact) mass is 761 g/mol. The summed E-state index contributed by atoms with van der Waals surface area (Å²) in [5.74, 6) is -0.264. The number of fused-ring (bicyclic) bond motifs is 3. The van der Waals surface area contributed by atoms with Crippen molar-refractivity contribution in [2.24, 2.45) is 5.92 Å². The molecule has 3 aliphatic heterocycles. The van der Waals surface area contributed by atoms with Crippen LogP contribution in [0.5, 0.6) is 11.5 Å². The van der Waals surface area contributed by atoms with Crippen LogP contribution in [-0.2, 0) is 17.7 Å². The van der Waals surface area contributed by atoms with E-state index in [9.17, 15) is 19.9 Å². The molecule has 2 bridgehead atoms. The third-order valence-corrected chi connectivity index (χ3v) is 11.4. The number of piperidine rings is 3. The van der Waals surface area contributed by atoms with Crippen LogP contribution in [0.4, 0.5) is 10.5 Å². The molecule has 0 spiro atoms. The summed E-state index contributed by atoms with van der Waals surface area (Å²) in [6.45, 7) is 2.85. The number of methoxy groups -OCH3 is 1. The molecule has 1 aliphatic carbocycles. The van der Waals surface area contributed by atoms with Gasteiger partial charge in [0.05, 0.1) is 37.2 Å². The Bertz CT molecular complexity index is 1930. The van der Waals surface area contributed by atoms with Gasteiger partial charge in [-0.3, -0.25) is 20.0 Å². The molecule has 2 aromatic heterocycles. The van der Waals surface area contributed by atoms with E-state index in [1.54, 1.807) is 48.7 Å². The number of hydrogen-bond acceptors (Lipinski definition) is 8. The van der Waals surface area contributed by atoms with Crippen molar-refractivity contribution in [1.82, 2.24) is 9.88 Å². The van der Waals surface area contributed by atoms with E-state index in [4.69, 9.17) is 37.4 Å². The number of hydrogen-bond donors (Lipinski definition) is 2. The standard InChI is InChI=1S/C40H42Cl2N4O7/c1-51-36-11-9-27(18-37(36)52-29-6-2-3-7-29)31(19-33-34(41)22-45(50)23-35(33)42)32-17-25(8-10-30(32)39(47)48)21-46(28-5-4-14-43-20-28)40(49)53-38-24-44-15-12-26(38)13-16-44/h4-5,8-11,14,17-18,20,22-23,26,29,31,38H,2-3,6-7,12-13,15-16,19,21,24H2,1H3,(H-,47,48,50)/p+1/t31-,38+/m1/s1. The van der Waals surface area contributed by atoms with Crippen molar-refractivity contribution in [3.63, 3.8) is 0 Å². The second-order valence-electron chi connectivity index (χ2n) is 14.1. The number of aromatic nitrogens is 2. The molecule has 0 unspecified atom stereocenters. The fourth-order valence-corrected chi connectivity index (χ4v) is 8.53. The number of anilines is 1. The lowest BCUT2D eigenvalue weighted by Crippen LogP contribution is -2.53. The average molecular weight is 763 g/mol. The van der Waals surface area contributed by atoms with Gasteiger partial charge in [0.2, 0.25) is 12.4 Å². The first-order chi connectivity index (χ1) is 25.7. The number of amides is 1. The molecular formula is C40H43Cl2N4O7+. The Balaban J connectivity index is 1.29. The second kappa shape index (κ2) is 16.2. The molecule has 3 saturated heterocycles. The summed E-state index contributed by atoms with van der Waals surface area (Å²) in [5.41, 5.74) is 3.07. The maximum absolute atomic E-state index is 14.0. The topological polar surface area (TPSA) is 126 Å². The number of carbonyl (C=O) groups excluding carboxylic acids is 1. The number of rotatable bonds is 12. The Kier molecular flexibility index (Phi) is 11.2. The van der Waals surface area contributed by atoms with Crippen LogP contribution in [0.3, 0.4) is 0 Å². The van der Waals surface area contributed by atoms with Gasteiger partial charge in [0, 0.05) is 29.0 Å². The number of nitrogens with zero attached hydrogens (tertiary/aromatic N) is 4. The number of aromatic carboxylic acids is 1. The molecule has 5 heterocycles. The summed E-state index contributed by atoms with van der Waals surface area (Å²) in [6, 6.07) is 14.3. The fourth-order valence-electron chi connectivity index (χ4n) is 7.92. The van der Waals surface area contributed by atoms with Crippen LogP contribution >= 0.6 is 23.2 Å². The molecule has 0 radical (unpaired) electrons. The highest BCUT2D eigenvalue weighted by Gasteiger charge is 2.38. The van der Waals surface area contributed by atoms with Gasteiger partial charge in [0.25, 0.3) is 0 Å². The summed E-state index contributed by atoms with van der Waals surface area (Å²) in [4.78, 5) is 35.0. The smallest absolute Gasteiger partial charge is 0.414 e. The number of pyridine rings is 2. The highest BCUT2D eigenvalue weighted by atomic mass is 35.5. The van der Waals surface area contributed by atoms with Crippen molar-refractivity contribution < 1.29 is 38.8 Å². The molecule has 1 amide bonds. The fraction of sp³-hybridized carbons (Fsp3) is 0.400. The molecular weight excluding hydrogens is 719 g/mol. The van der Waals surface area contributed by atoms with Crippen molar-refractivity contribution in [1.29, 1.82) is 0 Å². The zero-order valence-corrected chi connectivity index (χ0v) is 31.0. The third-order valence-electron chi connectivity index (χ3n) is 10.8. The van der Waals surface area contributed by atoms with Crippen molar-refractivity contribution in [3.05, 3.63) is 111 Å². The van der Waals surface area contributed by atoms with Gasteiger partial charge in [-0.1, -0.05) is 41.4 Å². The van der Waals surface area contributed by atoms with E-state index in [0.717, 1.165) is 61.9 Å². The minimum Gasteiger partial charge on any atom is -0.493 e. The van der Waals surface area contributed by atoms with E-state index in [1.165, 1.54) is 12.4 Å². The molecule has 53 heavy (non-hydrogen) atoms. The lowest BCUT2D eigenvalue weighted by Gasteiger charge is -2.44. The van der Waals surface area contributed by atoms with E-state index in [1.807, 2.05) is 24.3 Å². The quantitative estimate of drug-likeness (QED) is 0.111. The van der Waals surface area contributed by atoms with Gasteiger partial charge >= 0.3 is 12.1 Å². The van der Waals surface area contributed by atoms with Crippen LogP contribution in [0, 0.1) is 5.92 Å². The Morgan fingerprint density at radius 3 is 2.42 bits per heavy atom. The summed E-state index contributed by atoms with van der Waals surface area (Å²) in [7, 11) is 1.59. The molecule has 1 saturated carbocycles. The van der Waals surface area contributed by atoms with Gasteiger partial charge < -0.3 is 19.3 Å². The molecule has 13 heteroatoms. The minimum absolute atomic E-state index is 0.0488. The molecule has 4 aromatic rings. The third kappa shape index (κ3) is 8.32. The molecule has 4 aliphatic rings. The van der Waals surface area contributed by atoms with E-state index in [-0.39, 0.29) is 40.8 Å². The number of carboxylic acids is 1. The number of benzene rings is 2. The van der Waals surface area contributed by atoms with Crippen LogP contribution in [-0.4, -0.2) is 71.2 Å². The van der Waals surface area contributed by atoms with Gasteiger partial charge in [0.1, 0.15) is 16.1 Å². The Morgan fingerprint density at radius 2 is 1.77 bits per heavy atom. The number of ether oxygens (including phenoxy) is 3. The van der Waals surface area contributed by atoms with Gasteiger partial charge in [0.15, 0.2) is 11.5 Å². The van der Waals surface area contributed by atoms with E-state index in [0.29, 0.717) is 46.3 Å². The predicted molar refractivity (Wildman–Crippen MR) is 199 cm³/mol. The van der Waals surface area contributed by atoms with Crippen LogP contribution in [0.2, 0.25) is 10.0 Å². The first kappa shape index (κ1) is 36.8. The van der Waals surface area contributed by atoms with Gasteiger partial charge in [-0.15, -0.1) is 0 Å². The van der Waals surface area contributed by atoms with Crippen molar-refractivity contribution in [2.75, 3.05) is 31.6 Å². The Morgan fingerprint density at radius 1 is 1.02 bits per heavy atom. The maximum Gasteiger partial charge on any atom is 0.414 e. The Labute approximate surface area is 318 Å². The zero-order chi connectivity index (χ0) is 37.1. The maximum atomic E-state index is 14.0. The summed E-state index contributed by atoms with van der Waals surface area (Å²) >= 11 is 13.3. The summed E-state index contributed by atoms with van der Waals surface area (Å²) < 4.78 is 19.1. The van der Waals surface area contributed by atoms with Gasteiger partial charge in [-0.05, 0) is 111 Å². The van der Waals surface area contributed by atoms with Crippen molar-refractivity contribution in [2.45, 2.75) is 69.6 Å². The molecule has 2 N–H and O–H groups in total. The molecule has 11 nitrogen and oxygen atoms in total. The first-order valence-corrected chi connectivity index (χ1v) is 18.8. The summed E-state index contributed by atoms with van der Waals surface area (Å²) in [6.07, 6.45) is 11.5. The lowest BCUT2D eigenvalue weighted by molar-refractivity contribution is -0.904. The van der Waals surface area contributed by atoms with Crippen LogP contribution in [0.15, 0.2) is 73.3 Å². The summed E-state index contributed by atoms with van der Waals surface area (Å²) in [5, 5.41) is 21.1. The van der Waals surface area contributed by atoms with Gasteiger partial charge in [-0.25, -0.2) is 9.59 Å². The number of carboxylic acid groups (broad SMARTS) is 1. The van der Waals surface area contributed by atoms with E-state index in [2.05, 4.69) is 9.88 Å². The molecule has 4 fully saturated rings. The SMILES string of the molecule is COc1ccc([C@@H](Cc2c(Cl)c[n+](O)cc2Cl)c2cc(CN(C(=O)O[C@H]3CN4CCC3CC4)c3cccnc3)ccc2C(=O)O)cc1OC1CCCC1. The minimum atomic E-state index is -1.11. The number of halogens is 2. The highest BCUT2D eigenvalue weighted by molar-refractivity contribution is 6.35. The van der Waals surface area contributed by atoms with Crippen LogP contribution < -0.4 is 19.1 Å². The normalized spacial score (nSPS) is 20.2. The van der Waals surface area contributed by atoms with Crippen LogP contribution in [0.25, 0.3) is 0 Å². The molecule has 278 valence electrons. The molecule has 8 rings (SSSR count). The van der Waals surface area contributed by atoms with Crippen LogP contribution in [0.1, 0.15) is 77.1 Å². The zero-order valence-electron chi connectivity index (χ0n) is 29.5. The highest BCUT2D eigenvalue weighted by Crippen LogP contribution is 2.41. The largest absolute Gasteiger partial charge is 0.493 e. The van der Waals surface area contributed by atoms with Crippen molar-refractivity contribution >= 4 is 41.0 Å². The molecule has 2 atom stereocenters. The lowest BCUT2D eigenvalue weighted by atomic mass is 9.82. The predicted octanol–water partition coefficient (Wildman–Crippen LogP) is 7.55.